The normalized spacial score (nSPS) is 19.6. The largest absolute Gasteiger partial charge is 0.0810 e. The molecule has 0 saturated heterocycles. The van der Waals surface area contributed by atoms with Gasteiger partial charge in [0.05, 0.1) is 0 Å². The average molecular weight is 212 g/mol. The fourth-order valence-corrected chi connectivity index (χ4v) is 2.54. The molecule has 16 heavy (non-hydrogen) atoms. The Balaban J connectivity index is 2.45. The summed E-state index contributed by atoms with van der Waals surface area (Å²) in [6, 6.07) is 8.79. The van der Waals surface area contributed by atoms with Crippen molar-refractivity contribution in [2.45, 2.75) is 39.5 Å². The molecule has 0 heterocycles. The van der Waals surface area contributed by atoms with E-state index in [9.17, 15) is 0 Å². The molecule has 0 N–H and O–H groups in total. The van der Waals surface area contributed by atoms with E-state index in [2.05, 4.69) is 57.2 Å². The molecule has 1 aliphatic carbocycles. The van der Waals surface area contributed by atoms with Gasteiger partial charge < -0.3 is 0 Å². The first-order chi connectivity index (χ1) is 7.77. The molecule has 1 aromatic carbocycles. The van der Waals surface area contributed by atoms with Gasteiger partial charge in [0.2, 0.25) is 0 Å². The van der Waals surface area contributed by atoms with Crippen molar-refractivity contribution >= 4 is 5.57 Å². The van der Waals surface area contributed by atoms with Gasteiger partial charge in [-0.1, -0.05) is 57.2 Å². The number of benzene rings is 1. The van der Waals surface area contributed by atoms with Crippen LogP contribution >= 0.6 is 0 Å². The predicted molar refractivity (Wildman–Crippen MR) is 71.5 cm³/mol. The van der Waals surface area contributed by atoms with Crippen molar-refractivity contribution in [3.05, 3.63) is 53.1 Å². The zero-order valence-electron chi connectivity index (χ0n) is 10.5. The number of hydrogen-bond donors (Lipinski definition) is 0. The fraction of sp³-hybridized carbons (Fsp3) is 0.375. The van der Waals surface area contributed by atoms with Crippen molar-refractivity contribution in [2.24, 2.45) is 0 Å². The number of hydrogen-bond acceptors (Lipinski definition) is 0. The number of allylic oxidation sites excluding steroid dienone is 4. The molecule has 0 spiro atoms. The SMILES string of the molecule is CCC=C(CC)C1=CC(C)c2ccccc21. The lowest BCUT2D eigenvalue weighted by atomic mass is 9.96. The van der Waals surface area contributed by atoms with E-state index >= 15 is 0 Å². The Hall–Kier alpha value is -1.30. The lowest BCUT2D eigenvalue weighted by Crippen LogP contribution is -1.88. The van der Waals surface area contributed by atoms with Crippen LogP contribution in [0.25, 0.3) is 5.57 Å². The van der Waals surface area contributed by atoms with Crippen LogP contribution in [-0.2, 0) is 0 Å². The molecular weight excluding hydrogens is 192 g/mol. The molecule has 0 bridgehead atoms. The van der Waals surface area contributed by atoms with Crippen LogP contribution < -0.4 is 0 Å². The lowest BCUT2D eigenvalue weighted by molar-refractivity contribution is 0.989. The molecule has 0 saturated carbocycles. The third-order valence-electron chi connectivity index (χ3n) is 3.34. The van der Waals surface area contributed by atoms with E-state index in [4.69, 9.17) is 0 Å². The first-order valence-electron chi connectivity index (χ1n) is 6.28. The van der Waals surface area contributed by atoms with E-state index in [0.29, 0.717) is 5.92 Å². The van der Waals surface area contributed by atoms with E-state index in [1.54, 1.807) is 0 Å². The van der Waals surface area contributed by atoms with Gasteiger partial charge in [0.25, 0.3) is 0 Å². The maximum Gasteiger partial charge on any atom is 0.000502 e. The molecule has 0 nitrogen and oxygen atoms in total. The van der Waals surface area contributed by atoms with Gasteiger partial charge in [-0.3, -0.25) is 0 Å². The average Bonchev–Trinajstić information content (AvgIpc) is 2.65. The van der Waals surface area contributed by atoms with Gasteiger partial charge in [-0.05, 0) is 35.1 Å². The van der Waals surface area contributed by atoms with Gasteiger partial charge in [0.15, 0.2) is 0 Å². The quantitative estimate of drug-likeness (QED) is 0.666. The molecule has 0 aromatic heterocycles. The zero-order valence-corrected chi connectivity index (χ0v) is 10.5. The van der Waals surface area contributed by atoms with Crippen LogP contribution in [0.1, 0.15) is 50.7 Å². The predicted octanol–water partition coefficient (Wildman–Crippen LogP) is 4.93. The summed E-state index contributed by atoms with van der Waals surface area (Å²) < 4.78 is 0. The van der Waals surface area contributed by atoms with Gasteiger partial charge in [0, 0.05) is 5.92 Å². The highest BCUT2D eigenvalue weighted by molar-refractivity contribution is 5.85. The monoisotopic (exact) mass is 212 g/mol. The smallest absolute Gasteiger partial charge is 0.000502 e. The van der Waals surface area contributed by atoms with Gasteiger partial charge in [-0.25, -0.2) is 0 Å². The summed E-state index contributed by atoms with van der Waals surface area (Å²) in [4.78, 5) is 0. The zero-order chi connectivity index (χ0) is 11.5. The highest BCUT2D eigenvalue weighted by Gasteiger charge is 2.20. The first-order valence-corrected chi connectivity index (χ1v) is 6.28. The van der Waals surface area contributed by atoms with Crippen LogP contribution in [0.4, 0.5) is 0 Å². The van der Waals surface area contributed by atoms with Crippen LogP contribution in [0.15, 0.2) is 42.0 Å². The van der Waals surface area contributed by atoms with E-state index < -0.39 is 0 Å². The minimum atomic E-state index is 0.568. The third kappa shape index (κ3) is 1.84. The maximum absolute atomic E-state index is 2.41. The van der Waals surface area contributed by atoms with Crippen molar-refractivity contribution in [2.75, 3.05) is 0 Å². The molecule has 0 radical (unpaired) electrons. The Morgan fingerprint density at radius 2 is 2.00 bits per heavy atom. The Bertz CT molecular complexity index is 435. The molecule has 1 atom stereocenters. The highest BCUT2D eigenvalue weighted by Crippen LogP contribution is 2.40. The van der Waals surface area contributed by atoms with Crippen molar-refractivity contribution in [3.63, 3.8) is 0 Å². The Kier molecular flexibility index (Phi) is 3.28. The molecular formula is C16H20. The Morgan fingerprint density at radius 1 is 1.25 bits per heavy atom. The summed E-state index contributed by atoms with van der Waals surface area (Å²) in [5.74, 6) is 0.568. The van der Waals surface area contributed by atoms with E-state index in [-0.39, 0.29) is 0 Å². The third-order valence-corrected chi connectivity index (χ3v) is 3.34. The van der Waals surface area contributed by atoms with Crippen LogP contribution in [0.5, 0.6) is 0 Å². The number of rotatable bonds is 3. The van der Waals surface area contributed by atoms with Crippen LogP contribution in [0, 0.1) is 0 Å². The lowest BCUT2D eigenvalue weighted by Gasteiger charge is -2.08. The molecule has 0 amide bonds. The number of fused-ring (bicyclic) bond motifs is 1. The standard InChI is InChI=1S/C16H20/c1-4-8-13(5-2)16-11-12(3)14-9-6-7-10-15(14)16/h6-12H,4-5H2,1-3H3. The molecule has 0 heteroatoms. The summed E-state index contributed by atoms with van der Waals surface area (Å²) in [5.41, 5.74) is 5.89. The summed E-state index contributed by atoms with van der Waals surface area (Å²) in [5, 5.41) is 0. The van der Waals surface area contributed by atoms with Gasteiger partial charge >= 0.3 is 0 Å². The van der Waals surface area contributed by atoms with Crippen LogP contribution in [0.2, 0.25) is 0 Å². The molecule has 1 unspecified atom stereocenters. The molecule has 2 rings (SSSR count). The van der Waals surface area contributed by atoms with E-state index in [1.807, 2.05) is 0 Å². The van der Waals surface area contributed by atoms with E-state index in [1.165, 1.54) is 22.3 Å². The van der Waals surface area contributed by atoms with Crippen molar-refractivity contribution in [1.82, 2.24) is 0 Å². The Morgan fingerprint density at radius 3 is 2.69 bits per heavy atom. The minimum absolute atomic E-state index is 0.568. The second kappa shape index (κ2) is 4.69. The second-order valence-corrected chi connectivity index (χ2v) is 4.45. The van der Waals surface area contributed by atoms with Crippen molar-refractivity contribution < 1.29 is 0 Å². The maximum atomic E-state index is 2.41. The molecule has 0 aliphatic heterocycles. The van der Waals surface area contributed by atoms with Crippen molar-refractivity contribution in [3.8, 4) is 0 Å². The second-order valence-electron chi connectivity index (χ2n) is 4.45. The Labute approximate surface area is 98.7 Å². The topological polar surface area (TPSA) is 0 Å². The first kappa shape index (κ1) is 11.2. The molecule has 0 fully saturated rings. The minimum Gasteiger partial charge on any atom is -0.0810 e. The van der Waals surface area contributed by atoms with Crippen LogP contribution in [-0.4, -0.2) is 0 Å². The van der Waals surface area contributed by atoms with Crippen LogP contribution in [0.3, 0.4) is 0 Å². The fourth-order valence-electron chi connectivity index (χ4n) is 2.54. The van der Waals surface area contributed by atoms with Gasteiger partial charge in [0.1, 0.15) is 0 Å². The summed E-state index contributed by atoms with van der Waals surface area (Å²) >= 11 is 0. The summed E-state index contributed by atoms with van der Waals surface area (Å²) in [6.45, 7) is 6.74. The van der Waals surface area contributed by atoms with E-state index in [0.717, 1.165) is 12.8 Å². The van der Waals surface area contributed by atoms with Crippen molar-refractivity contribution in [1.29, 1.82) is 0 Å². The molecule has 1 aromatic rings. The molecule has 1 aliphatic rings. The molecule has 84 valence electrons. The van der Waals surface area contributed by atoms with Gasteiger partial charge in [-0.15, -0.1) is 0 Å². The van der Waals surface area contributed by atoms with Gasteiger partial charge in [-0.2, -0.15) is 0 Å². The summed E-state index contributed by atoms with van der Waals surface area (Å²) in [6.07, 6.45) is 7.02. The highest BCUT2D eigenvalue weighted by atomic mass is 14.2. The summed E-state index contributed by atoms with van der Waals surface area (Å²) in [7, 11) is 0.